The van der Waals surface area contributed by atoms with Crippen LogP contribution in [0.15, 0.2) is 29.3 Å². The van der Waals surface area contributed by atoms with Crippen molar-refractivity contribution in [2.24, 2.45) is 28.7 Å². The molecular weight excluding hydrogens is 500 g/mol. The lowest BCUT2D eigenvalue weighted by molar-refractivity contribution is -0.141. The Morgan fingerprint density at radius 3 is 2.51 bits per heavy atom. The molecule has 0 saturated heterocycles. The van der Waals surface area contributed by atoms with Crippen LogP contribution in [0.2, 0.25) is 10.0 Å². The van der Waals surface area contributed by atoms with E-state index in [0.29, 0.717) is 34.1 Å². The van der Waals surface area contributed by atoms with E-state index in [-0.39, 0.29) is 22.8 Å². The third kappa shape index (κ3) is 5.24. The fraction of sp³-hybridized carbons (Fsp3) is 0.560. The second kappa shape index (κ2) is 9.77. The van der Waals surface area contributed by atoms with Gasteiger partial charge in [0.15, 0.2) is 11.5 Å². The number of fused-ring (bicyclic) bond motifs is 1. The molecule has 4 rings (SSSR count). The zero-order valence-corrected chi connectivity index (χ0v) is 21.5. The van der Waals surface area contributed by atoms with Crippen LogP contribution in [0, 0.1) is 23.7 Å². The van der Waals surface area contributed by atoms with Crippen molar-refractivity contribution < 1.29 is 18.0 Å². The molecule has 1 aliphatic heterocycles. The average molecular weight is 529 g/mol. The summed E-state index contributed by atoms with van der Waals surface area (Å²) in [6.07, 6.45) is -1.64. The molecule has 1 aromatic carbocycles. The molecule has 2 aliphatic rings. The number of benzene rings is 1. The predicted octanol–water partition coefficient (Wildman–Crippen LogP) is 7.10. The number of carbonyl (C=O) groups is 1. The van der Waals surface area contributed by atoms with Crippen molar-refractivity contribution in [1.29, 1.82) is 0 Å². The first-order chi connectivity index (χ1) is 16.4. The average Bonchev–Trinajstić information content (AvgIpc) is 3.18. The van der Waals surface area contributed by atoms with Crippen molar-refractivity contribution in [2.75, 3.05) is 0 Å². The normalized spacial score (nSPS) is 26.9. The summed E-state index contributed by atoms with van der Waals surface area (Å²) < 4.78 is 41.7. The minimum Gasteiger partial charge on any atom is -0.352 e. The monoisotopic (exact) mass is 528 g/mol. The smallest absolute Gasteiger partial charge is 0.352 e. The van der Waals surface area contributed by atoms with Crippen molar-refractivity contribution in [2.45, 2.75) is 65.2 Å². The van der Waals surface area contributed by atoms with Crippen LogP contribution in [0.1, 0.15) is 64.3 Å². The number of nitrogens with one attached hydrogen (secondary N) is 1. The molecule has 5 atom stereocenters. The van der Waals surface area contributed by atoms with E-state index in [9.17, 15) is 18.0 Å². The Morgan fingerprint density at radius 2 is 1.89 bits per heavy atom. The van der Waals surface area contributed by atoms with Crippen molar-refractivity contribution in [1.82, 2.24) is 15.1 Å². The van der Waals surface area contributed by atoms with E-state index in [1.807, 2.05) is 0 Å². The maximum Gasteiger partial charge on any atom is 0.435 e. The molecule has 1 fully saturated rings. The number of rotatable bonds is 4. The summed E-state index contributed by atoms with van der Waals surface area (Å²) >= 11 is 12.3. The van der Waals surface area contributed by atoms with Gasteiger partial charge in [0.05, 0.1) is 16.1 Å². The molecule has 5 nitrogen and oxygen atoms in total. The Kier molecular flexibility index (Phi) is 7.26. The zero-order chi connectivity index (χ0) is 25.7. The molecule has 0 bridgehead atoms. The molecule has 1 saturated carbocycles. The van der Waals surface area contributed by atoms with Gasteiger partial charge in [-0.05, 0) is 55.2 Å². The van der Waals surface area contributed by atoms with Crippen LogP contribution in [-0.4, -0.2) is 27.4 Å². The lowest BCUT2D eigenvalue weighted by Crippen LogP contribution is -2.50. The predicted molar refractivity (Wildman–Crippen MR) is 131 cm³/mol. The molecule has 10 heteroatoms. The Balaban J connectivity index is 1.76. The number of nitrogens with zero attached hydrogens (tertiary/aromatic N) is 3. The lowest BCUT2D eigenvalue weighted by atomic mass is 9.73. The third-order valence-corrected chi connectivity index (χ3v) is 7.98. The first-order valence-electron chi connectivity index (χ1n) is 11.8. The SMILES string of the molecule is CC1=Nc2cc(C(F)(F)F)nn2C(c2ccc(Cl)c(Cl)c2)C1C(=O)N[C@H]1C[C@@H](C)CC[C@@H]1C(C)C. The number of carbonyl (C=O) groups excluding carboxylic acids is 1. The summed E-state index contributed by atoms with van der Waals surface area (Å²) in [6, 6.07) is 4.84. The van der Waals surface area contributed by atoms with Gasteiger partial charge >= 0.3 is 6.18 Å². The van der Waals surface area contributed by atoms with Crippen molar-refractivity contribution in [3.05, 3.63) is 45.6 Å². The molecule has 2 heterocycles. The van der Waals surface area contributed by atoms with Gasteiger partial charge in [0.25, 0.3) is 0 Å². The van der Waals surface area contributed by atoms with Gasteiger partial charge in [-0.1, -0.05) is 56.5 Å². The summed E-state index contributed by atoms with van der Waals surface area (Å²) in [7, 11) is 0. The highest BCUT2D eigenvalue weighted by Gasteiger charge is 2.43. The molecule has 2 unspecified atom stereocenters. The Labute approximate surface area is 213 Å². The van der Waals surface area contributed by atoms with Crippen molar-refractivity contribution in [3.8, 4) is 0 Å². The fourth-order valence-electron chi connectivity index (χ4n) is 5.44. The molecule has 1 N–H and O–H groups in total. The van der Waals surface area contributed by atoms with E-state index in [1.165, 1.54) is 4.68 Å². The van der Waals surface area contributed by atoms with Crippen LogP contribution in [-0.2, 0) is 11.0 Å². The summed E-state index contributed by atoms with van der Waals surface area (Å²) in [6.45, 7) is 8.15. The number of hydrogen-bond donors (Lipinski definition) is 1. The van der Waals surface area contributed by atoms with Gasteiger partial charge in [0, 0.05) is 17.8 Å². The minimum atomic E-state index is -4.64. The van der Waals surface area contributed by atoms with Crippen LogP contribution in [0.3, 0.4) is 0 Å². The maximum absolute atomic E-state index is 13.8. The molecule has 0 radical (unpaired) electrons. The van der Waals surface area contributed by atoms with E-state index in [4.69, 9.17) is 23.2 Å². The van der Waals surface area contributed by atoms with Crippen LogP contribution in [0.4, 0.5) is 19.0 Å². The Morgan fingerprint density at radius 1 is 1.17 bits per heavy atom. The summed E-state index contributed by atoms with van der Waals surface area (Å²) in [4.78, 5) is 18.1. The van der Waals surface area contributed by atoms with Crippen LogP contribution in [0.25, 0.3) is 0 Å². The fourth-order valence-corrected chi connectivity index (χ4v) is 5.74. The van der Waals surface area contributed by atoms with Crippen molar-refractivity contribution >= 4 is 40.6 Å². The highest BCUT2D eigenvalue weighted by atomic mass is 35.5. The standard InChI is InChI=1S/C25H29Cl2F3N4O/c1-12(2)16-7-5-13(3)9-19(16)32-24(35)22-14(4)31-21-11-20(25(28,29)30)33-34(21)23(22)15-6-8-17(26)18(27)10-15/h6,8,10-13,16,19,22-23H,5,7,9H2,1-4H3,(H,32,35)/t13-,16+,19-,22?,23?/m0/s1. The number of alkyl halides is 3. The molecule has 1 aliphatic carbocycles. The summed E-state index contributed by atoms with van der Waals surface area (Å²) in [5.74, 6) is 0.117. The second-order valence-electron chi connectivity index (χ2n) is 10.1. The van der Waals surface area contributed by atoms with Crippen molar-refractivity contribution in [3.63, 3.8) is 0 Å². The second-order valence-corrected chi connectivity index (χ2v) is 10.9. The molecule has 35 heavy (non-hydrogen) atoms. The largest absolute Gasteiger partial charge is 0.435 e. The summed E-state index contributed by atoms with van der Waals surface area (Å²) in [5, 5.41) is 7.62. The third-order valence-electron chi connectivity index (χ3n) is 7.24. The van der Waals surface area contributed by atoms with E-state index in [0.717, 1.165) is 25.3 Å². The number of hydrogen-bond acceptors (Lipinski definition) is 3. The van der Waals surface area contributed by atoms with Gasteiger partial charge < -0.3 is 5.32 Å². The molecule has 190 valence electrons. The van der Waals surface area contributed by atoms with Crippen LogP contribution < -0.4 is 5.32 Å². The van der Waals surface area contributed by atoms with Crippen LogP contribution in [0.5, 0.6) is 0 Å². The van der Waals surface area contributed by atoms with E-state index in [1.54, 1.807) is 25.1 Å². The van der Waals surface area contributed by atoms with Crippen LogP contribution >= 0.6 is 23.2 Å². The van der Waals surface area contributed by atoms with Gasteiger partial charge in [0.1, 0.15) is 5.92 Å². The number of amides is 1. The highest BCUT2D eigenvalue weighted by Crippen LogP contribution is 2.42. The van der Waals surface area contributed by atoms with E-state index >= 15 is 0 Å². The topological polar surface area (TPSA) is 59.3 Å². The number of aliphatic imine (C=N–C) groups is 1. The first-order valence-corrected chi connectivity index (χ1v) is 12.6. The Hall–Kier alpha value is -2.06. The summed E-state index contributed by atoms with van der Waals surface area (Å²) in [5.41, 5.74) is -0.106. The molecular formula is C25H29Cl2F3N4O. The van der Waals surface area contributed by atoms with E-state index < -0.39 is 23.8 Å². The molecule has 0 spiro atoms. The Bertz CT molecular complexity index is 1140. The lowest BCUT2D eigenvalue weighted by Gasteiger charge is -2.39. The van der Waals surface area contributed by atoms with Gasteiger partial charge in [0.2, 0.25) is 5.91 Å². The highest BCUT2D eigenvalue weighted by molar-refractivity contribution is 6.42. The minimum absolute atomic E-state index is 0.0155. The number of aromatic nitrogens is 2. The molecule has 1 amide bonds. The van der Waals surface area contributed by atoms with Gasteiger partial charge in [-0.3, -0.25) is 4.79 Å². The van der Waals surface area contributed by atoms with Gasteiger partial charge in [-0.25, -0.2) is 9.67 Å². The number of halogens is 5. The van der Waals surface area contributed by atoms with E-state index in [2.05, 4.69) is 36.2 Å². The van der Waals surface area contributed by atoms with Gasteiger partial charge in [-0.15, -0.1) is 0 Å². The quantitative estimate of drug-likeness (QED) is 0.460. The molecule has 1 aromatic heterocycles. The zero-order valence-electron chi connectivity index (χ0n) is 20.0. The maximum atomic E-state index is 13.8. The molecule has 2 aromatic rings. The van der Waals surface area contributed by atoms with Gasteiger partial charge in [-0.2, -0.15) is 18.3 Å². The first kappa shape index (κ1) is 26.0.